The molecule has 8 heteroatoms. The van der Waals surface area contributed by atoms with Gasteiger partial charge in [-0.15, -0.1) is 14.8 Å². The molecule has 78 valence electrons. The first kappa shape index (κ1) is 9.31. The first-order valence-corrected chi connectivity index (χ1v) is 4.29. The molecule has 0 aromatic carbocycles. The molecule has 2 heterocycles. The first-order chi connectivity index (χ1) is 7.29. The first-order valence-electron chi connectivity index (χ1n) is 4.29. The Kier molecular flexibility index (Phi) is 2.40. The van der Waals surface area contributed by atoms with Crippen molar-refractivity contribution in [3.05, 3.63) is 12.1 Å². The van der Waals surface area contributed by atoms with Crippen LogP contribution in [0.2, 0.25) is 0 Å². The van der Waals surface area contributed by atoms with E-state index >= 15 is 0 Å². The van der Waals surface area contributed by atoms with Crippen molar-refractivity contribution in [2.45, 2.75) is 0 Å². The zero-order valence-electron chi connectivity index (χ0n) is 8.01. The predicted octanol–water partition coefficient (Wildman–Crippen LogP) is -1.32. The highest BCUT2D eigenvalue weighted by Crippen LogP contribution is 2.01. The van der Waals surface area contributed by atoms with E-state index in [9.17, 15) is 4.79 Å². The molecule has 0 aliphatic rings. The summed E-state index contributed by atoms with van der Waals surface area (Å²) >= 11 is 0. The van der Waals surface area contributed by atoms with Crippen molar-refractivity contribution >= 4 is 17.4 Å². The fourth-order valence-electron chi connectivity index (χ4n) is 1.00. The third-order valence-corrected chi connectivity index (χ3v) is 1.78. The number of hydrogen-bond donors (Lipinski definition) is 2. The van der Waals surface area contributed by atoms with Gasteiger partial charge in [0.25, 0.3) is 0 Å². The molecule has 0 aliphatic heterocycles. The summed E-state index contributed by atoms with van der Waals surface area (Å²) in [4.78, 5) is 11.0. The lowest BCUT2D eigenvalue weighted by Crippen LogP contribution is -2.26. The van der Waals surface area contributed by atoms with Gasteiger partial charge in [-0.25, -0.2) is 0 Å². The molecular formula is C7H9N7O. The number of rotatable bonds is 3. The fraction of sp³-hybridized carbons (Fsp3) is 0.286. The molecule has 0 aliphatic carbocycles. The summed E-state index contributed by atoms with van der Waals surface area (Å²) in [6.07, 6.45) is 0. The van der Waals surface area contributed by atoms with Crippen LogP contribution in [0, 0.1) is 0 Å². The number of fused-ring (bicyclic) bond motifs is 1. The van der Waals surface area contributed by atoms with E-state index < -0.39 is 0 Å². The zero-order chi connectivity index (χ0) is 10.7. The highest BCUT2D eigenvalue weighted by atomic mass is 16.1. The molecule has 0 bridgehead atoms. The summed E-state index contributed by atoms with van der Waals surface area (Å²) in [5, 5.41) is 20.1. The molecule has 1 amide bonds. The number of amides is 1. The van der Waals surface area contributed by atoms with E-state index in [0.717, 1.165) is 0 Å². The largest absolute Gasteiger partial charge is 0.360 e. The Hall–Kier alpha value is -2.25. The highest BCUT2D eigenvalue weighted by molar-refractivity contribution is 5.80. The van der Waals surface area contributed by atoms with E-state index in [2.05, 4.69) is 31.3 Å². The van der Waals surface area contributed by atoms with Gasteiger partial charge in [0.2, 0.25) is 5.91 Å². The molecule has 2 N–H and O–H groups in total. The third-order valence-electron chi connectivity index (χ3n) is 1.78. The van der Waals surface area contributed by atoms with E-state index in [1.165, 1.54) is 4.63 Å². The van der Waals surface area contributed by atoms with Crippen molar-refractivity contribution < 1.29 is 4.79 Å². The summed E-state index contributed by atoms with van der Waals surface area (Å²) < 4.78 is 1.28. The van der Waals surface area contributed by atoms with Gasteiger partial charge in [-0.2, -0.15) is 0 Å². The number of tetrazole rings is 1. The molecule has 0 saturated heterocycles. The van der Waals surface area contributed by atoms with Crippen LogP contribution in [0.4, 0.5) is 5.82 Å². The van der Waals surface area contributed by atoms with Crippen molar-refractivity contribution in [3.63, 3.8) is 0 Å². The molecule has 15 heavy (non-hydrogen) atoms. The molecule has 0 spiro atoms. The number of nitrogens with zero attached hydrogens (tertiary/aromatic N) is 5. The molecule has 2 aromatic heterocycles. The van der Waals surface area contributed by atoms with Crippen molar-refractivity contribution in [2.24, 2.45) is 0 Å². The molecule has 2 rings (SSSR count). The smallest absolute Gasteiger partial charge is 0.239 e. The number of aromatic nitrogens is 5. The van der Waals surface area contributed by atoms with Crippen molar-refractivity contribution in [1.29, 1.82) is 0 Å². The second kappa shape index (κ2) is 3.86. The second-order valence-corrected chi connectivity index (χ2v) is 2.77. The summed E-state index contributed by atoms with van der Waals surface area (Å²) in [6.45, 7) is 0.164. The standard InChI is InChI=1S/C7H9N7O/c1-8-7(15)4-9-5-2-3-6-10-12-13-14(6)11-5/h2-3H,4H2,1H3,(H,8,15)(H,9,11). The van der Waals surface area contributed by atoms with E-state index in [1.54, 1.807) is 19.2 Å². The van der Waals surface area contributed by atoms with Crippen LogP contribution in [0.5, 0.6) is 0 Å². The van der Waals surface area contributed by atoms with Gasteiger partial charge in [-0.05, 0) is 22.6 Å². The van der Waals surface area contributed by atoms with Crippen LogP contribution in [0.1, 0.15) is 0 Å². The summed E-state index contributed by atoms with van der Waals surface area (Å²) in [6, 6.07) is 3.41. The minimum atomic E-state index is -0.117. The van der Waals surface area contributed by atoms with Gasteiger partial charge in [0.1, 0.15) is 5.82 Å². The normalized spacial score (nSPS) is 10.2. The van der Waals surface area contributed by atoms with Crippen LogP contribution >= 0.6 is 0 Å². The molecule has 8 nitrogen and oxygen atoms in total. The summed E-state index contributed by atoms with van der Waals surface area (Å²) in [5.41, 5.74) is 0.556. The molecule has 0 saturated carbocycles. The van der Waals surface area contributed by atoms with Crippen LogP contribution < -0.4 is 10.6 Å². The second-order valence-electron chi connectivity index (χ2n) is 2.77. The van der Waals surface area contributed by atoms with Gasteiger partial charge < -0.3 is 10.6 Å². The Bertz CT molecular complexity index is 479. The number of likely N-dealkylation sites (N-methyl/N-ethyl adjacent to an activating group) is 1. The minimum absolute atomic E-state index is 0.117. The van der Waals surface area contributed by atoms with E-state index in [1.807, 2.05) is 0 Å². The monoisotopic (exact) mass is 207 g/mol. The van der Waals surface area contributed by atoms with Crippen LogP contribution in [-0.2, 0) is 4.79 Å². The molecule has 2 aromatic rings. The molecule has 0 radical (unpaired) electrons. The quantitative estimate of drug-likeness (QED) is 0.647. The highest BCUT2D eigenvalue weighted by Gasteiger charge is 2.01. The molecule has 0 unspecified atom stereocenters. The SMILES string of the molecule is CNC(=O)CNc1ccc2nnnn2n1. The molecular weight excluding hydrogens is 198 g/mol. The predicted molar refractivity (Wildman–Crippen MR) is 51.1 cm³/mol. The Morgan fingerprint density at radius 3 is 3.20 bits per heavy atom. The number of nitrogens with one attached hydrogen (secondary N) is 2. The lowest BCUT2D eigenvalue weighted by molar-refractivity contribution is -0.118. The van der Waals surface area contributed by atoms with E-state index in [4.69, 9.17) is 0 Å². The van der Waals surface area contributed by atoms with Crippen molar-refractivity contribution in [1.82, 2.24) is 30.6 Å². The van der Waals surface area contributed by atoms with Crippen LogP contribution in [0.3, 0.4) is 0 Å². The Morgan fingerprint density at radius 2 is 2.40 bits per heavy atom. The van der Waals surface area contributed by atoms with Crippen LogP contribution in [-0.4, -0.2) is 44.8 Å². The van der Waals surface area contributed by atoms with Gasteiger partial charge in [-0.3, -0.25) is 4.79 Å². The maximum atomic E-state index is 11.0. The van der Waals surface area contributed by atoms with Gasteiger partial charge in [0.15, 0.2) is 5.65 Å². The maximum absolute atomic E-state index is 11.0. The molecule has 0 atom stereocenters. The number of anilines is 1. The van der Waals surface area contributed by atoms with Gasteiger partial charge in [0, 0.05) is 7.05 Å². The average molecular weight is 207 g/mol. The Morgan fingerprint density at radius 1 is 1.53 bits per heavy atom. The summed E-state index contributed by atoms with van der Waals surface area (Å²) in [5.74, 6) is 0.423. The van der Waals surface area contributed by atoms with Crippen LogP contribution in [0.25, 0.3) is 5.65 Å². The van der Waals surface area contributed by atoms with Gasteiger partial charge in [0.05, 0.1) is 6.54 Å². The Balaban J connectivity index is 2.11. The number of hydrogen-bond acceptors (Lipinski definition) is 6. The van der Waals surface area contributed by atoms with Gasteiger partial charge >= 0.3 is 0 Å². The van der Waals surface area contributed by atoms with Crippen LogP contribution in [0.15, 0.2) is 12.1 Å². The van der Waals surface area contributed by atoms with E-state index in [-0.39, 0.29) is 12.5 Å². The minimum Gasteiger partial charge on any atom is -0.360 e. The zero-order valence-corrected chi connectivity index (χ0v) is 8.01. The maximum Gasteiger partial charge on any atom is 0.239 e. The average Bonchev–Trinajstić information content (AvgIpc) is 2.72. The lowest BCUT2D eigenvalue weighted by Gasteiger charge is -2.03. The lowest BCUT2D eigenvalue weighted by atomic mass is 10.5. The van der Waals surface area contributed by atoms with Crippen molar-refractivity contribution in [2.75, 3.05) is 18.9 Å². The van der Waals surface area contributed by atoms with E-state index in [0.29, 0.717) is 11.5 Å². The number of carbonyl (C=O) groups is 1. The summed E-state index contributed by atoms with van der Waals surface area (Å²) in [7, 11) is 1.57. The third kappa shape index (κ3) is 1.98. The van der Waals surface area contributed by atoms with Gasteiger partial charge in [-0.1, -0.05) is 0 Å². The fourth-order valence-corrected chi connectivity index (χ4v) is 1.00. The van der Waals surface area contributed by atoms with Crippen molar-refractivity contribution in [3.8, 4) is 0 Å². The topological polar surface area (TPSA) is 97.1 Å². The number of carbonyl (C=O) groups excluding carboxylic acids is 1. The molecule has 0 fully saturated rings. The Labute approximate surface area is 84.7 Å².